The van der Waals surface area contributed by atoms with Gasteiger partial charge in [0.15, 0.2) is 0 Å². The molecule has 0 N–H and O–H groups in total. The van der Waals surface area contributed by atoms with E-state index >= 15 is 0 Å². The van der Waals surface area contributed by atoms with E-state index in [1.54, 1.807) is 23.5 Å². The van der Waals surface area contributed by atoms with Crippen LogP contribution in [-0.2, 0) is 9.53 Å². The first-order chi connectivity index (χ1) is 9.26. The van der Waals surface area contributed by atoms with Crippen LogP contribution >= 0.6 is 47.0 Å². The zero-order valence-corrected chi connectivity index (χ0v) is 13.5. The zero-order valence-electron chi connectivity index (χ0n) is 10.2. The first-order valence-electron chi connectivity index (χ1n) is 6.15. The normalized spacial score (nSPS) is 38.9. The fourth-order valence-corrected chi connectivity index (χ4v) is 9.20. The molecule has 1 saturated heterocycles. The maximum absolute atomic E-state index is 11.5. The van der Waals surface area contributed by atoms with Gasteiger partial charge in [0, 0.05) is 10.5 Å². The lowest BCUT2D eigenvalue weighted by Gasteiger charge is -2.16. The van der Waals surface area contributed by atoms with Crippen LogP contribution in [0.4, 0.5) is 0 Å². The van der Waals surface area contributed by atoms with Gasteiger partial charge in [-0.3, -0.25) is 0 Å². The molecule has 2 aliphatic heterocycles. The molecule has 0 aromatic carbocycles. The maximum atomic E-state index is 11.5. The minimum Gasteiger partial charge on any atom is -0.465 e. The topological polar surface area (TPSA) is 26.3 Å². The molecule has 2 heterocycles. The highest BCUT2D eigenvalue weighted by Crippen LogP contribution is 2.64. The average molecular weight is 329 g/mol. The predicted octanol–water partition coefficient (Wildman–Crippen LogP) is 4.03. The molecule has 2 nitrogen and oxygen atoms in total. The number of fused-ring (bicyclic) bond motifs is 5. The molecule has 4 aliphatic rings. The van der Waals surface area contributed by atoms with Gasteiger partial charge < -0.3 is 4.74 Å². The van der Waals surface area contributed by atoms with Crippen LogP contribution in [-0.4, -0.2) is 23.6 Å². The molecular formula is C13H12O2S4. The number of ether oxygens (including phenoxy) is 1. The number of hydrogen-bond acceptors (Lipinski definition) is 6. The summed E-state index contributed by atoms with van der Waals surface area (Å²) in [4.78, 5) is 12.2. The van der Waals surface area contributed by atoms with E-state index in [-0.39, 0.29) is 5.97 Å². The zero-order chi connectivity index (χ0) is 13.0. The van der Waals surface area contributed by atoms with Crippen LogP contribution in [0, 0.1) is 11.8 Å². The summed E-state index contributed by atoms with van der Waals surface area (Å²) in [7, 11) is 1.44. The monoisotopic (exact) mass is 328 g/mol. The highest BCUT2D eigenvalue weighted by molar-refractivity contribution is 8.33. The molecule has 0 amide bonds. The Labute approximate surface area is 129 Å². The van der Waals surface area contributed by atoms with Gasteiger partial charge in [-0.25, -0.2) is 4.79 Å². The molecule has 2 fully saturated rings. The van der Waals surface area contributed by atoms with Crippen LogP contribution < -0.4 is 0 Å². The maximum Gasteiger partial charge on any atom is 0.345 e. The highest BCUT2D eigenvalue weighted by atomic mass is 32.2. The van der Waals surface area contributed by atoms with Gasteiger partial charge in [0.1, 0.15) is 4.91 Å². The highest BCUT2D eigenvalue weighted by Gasteiger charge is 2.50. The summed E-state index contributed by atoms with van der Waals surface area (Å²) < 4.78 is 7.46. The van der Waals surface area contributed by atoms with Gasteiger partial charge >= 0.3 is 5.97 Å². The minimum absolute atomic E-state index is 0.219. The number of esters is 1. The van der Waals surface area contributed by atoms with Crippen molar-refractivity contribution in [3.8, 4) is 0 Å². The van der Waals surface area contributed by atoms with Gasteiger partial charge in [0.05, 0.1) is 15.6 Å². The number of rotatable bonds is 1. The molecule has 2 aliphatic carbocycles. The van der Waals surface area contributed by atoms with E-state index in [4.69, 9.17) is 4.74 Å². The summed E-state index contributed by atoms with van der Waals surface area (Å²) in [6.45, 7) is 0. The summed E-state index contributed by atoms with van der Waals surface area (Å²) in [6, 6.07) is 0. The van der Waals surface area contributed by atoms with Crippen molar-refractivity contribution in [2.24, 2.45) is 11.8 Å². The second kappa shape index (κ2) is 4.83. The van der Waals surface area contributed by atoms with Crippen LogP contribution in [0.1, 0.15) is 6.42 Å². The van der Waals surface area contributed by atoms with Crippen LogP contribution in [0.15, 0.2) is 30.9 Å². The summed E-state index contributed by atoms with van der Waals surface area (Å²) >= 11 is 7.29. The largest absolute Gasteiger partial charge is 0.465 e. The lowest BCUT2D eigenvalue weighted by Crippen LogP contribution is -2.19. The number of carbonyl (C=O) groups excluding carboxylic acids is 1. The summed E-state index contributed by atoms with van der Waals surface area (Å²) in [5.41, 5.74) is 0. The quantitative estimate of drug-likeness (QED) is 0.533. The van der Waals surface area contributed by atoms with Crippen molar-refractivity contribution in [1.82, 2.24) is 0 Å². The third-order valence-electron chi connectivity index (χ3n) is 3.83. The standard InChI is InChI=1S/C13H12O2S4/c1-15-11(14)8-5-16-12(17-8)13-18-9-6-2-3-7(4-6)10(9)19-13/h2-3,5-7,9-10H,4H2,1H3. The first-order valence-corrected chi connectivity index (χ1v) is 9.60. The fourth-order valence-electron chi connectivity index (χ4n) is 2.95. The number of carbonyl (C=O) groups is 1. The Balaban J connectivity index is 1.51. The van der Waals surface area contributed by atoms with Crippen molar-refractivity contribution >= 4 is 53.0 Å². The predicted molar refractivity (Wildman–Crippen MR) is 85.8 cm³/mol. The van der Waals surface area contributed by atoms with E-state index in [1.807, 2.05) is 28.9 Å². The van der Waals surface area contributed by atoms with E-state index in [1.165, 1.54) is 22.0 Å². The third-order valence-corrected chi connectivity index (χ3v) is 10.1. The number of allylic oxidation sites excluding steroid dienone is 2. The Morgan fingerprint density at radius 2 is 1.89 bits per heavy atom. The van der Waals surface area contributed by atoms with E-state index in [2.05, 4.69) is 12.2 Å². The van der Waals surface area contributed by atoms with E-state index in [0.717, 1.165) is 22.3 Å². The first kappa shape index (κ1) is 12.8. The molecule has 2 bridgehead atoms. The molecule has 4 atom stereocenters. The Morgan fingerprint density at radius 3 is 2.53 bits per heavy atom. The Morgan fingerprint density at radius 1 is 1.21 bits per heavy atom. The molecule has 100 valence electrons. The lowest BCUT2D eigenvalue weighted by atomic mass is 10.1. The van der Waals surface area contributed by atoms with Gasteiger partial charge in [0.2, 0.25) is 0 Å². The summed E-state index contributed by atoms with van der Waals surface area (Å²) in [5.74, 6) is 1.33. The molecule has 19 heavy (non-hydrogen) atoms. The van der Waals surface area contributed by atoms with Gasteiger partial charge in [-0.1, -0.05) is 35.7 Å². The van der Waals surface area contributed by atoms with Crippen molar-refractivity contribution in [3.05, 3.63) is 30.9 Å². The Bertz CT molecular complexity index is 515. The van der Waals surface area contributed by atoms with E-state index in [9.17, 15) is 4.79 Å². The smallest absolute Gasteiger partial charge is 0.345 e. The van der Waals surface area contributed by atoms with Crippen molar-refractivity contribution in [2.45, 2.75) is 16.9 Å². The van der Waals surface area contributed by atoms with Crippen molar-refractivity contribution in [3.63, 3.8) is 0 Å². The minimum atomic E-state index is -0.219. The van der Waals surface area contributed by atoms with Crippen LogP contribution in [0.3, 0.4) is 0 Å². The van der Waals surface area contributed by atoms with Crippen LogP contribution in [0.2, 0.25) is 0 Å². The summed E-state index contributed by atoms with van der Waals surface area (Å²) in [5, 5.41) is 3.43. The lowest BCUT2D eigenvalue weighted by molar-refractivity contribution is -0.135. The van der Waals surface area contributed by atoms with Crippen molar-refractivity contribution < 1.29 is 9.53 Å². The van der Waals surface area contributed by atoms with Crippen molar-refractivity contribution in [1.29, 1.82) is 0 Å². The molecule has 0 spiro atoms. The van der Waals surface area contributed by atoms with E-state index < -0.39 is 0 Å². The molecule has 0 radical (unpaired) electrons. The second-order valence-electron chi connectivity index (χ2n) is 4.88. The van der Waals surface area contributed by atoms with Gasteiger partial charge in [-0.15, -0.1) is 23.5 Å². The molecule has 0 aromatic heterocycles. The second-order valence-corrected chi connectivity index (χ2v) is 9.71. The molecule has 6 heteroatoms. The van der Waals surface area contributed by atoms with Gasteiger partial charge in [0.25, 0.3) is 0 Å². The van der Waals surface area contributed by atoms with Gasteiger partial charge in [-0.05, 0) is 23.7 Å². The summed E-state index contributed by atoms with van der Waals surface area (Å²) in [6.07, 6.45) is 6.16. The van der Waals surface area contributed by atoms with Crippen molar-refractivity contribution in [2.75, 3.05) is 7.11 Å². The molecule has 4 unspecified atom stereocenters. The van der Waals surface area contributed by atoms with Crippen LogP contribution in [0.5, 0.6) is 0 Å². The molecular weight excluding hydrogens is 316 g/mol. The number of methoxy groups -OCH3 is 1. The fraction of sp³-hybridized carbons (Fsp3) is 0.462. The molecule has 4 rings (SSSR count). The molecule has 1 saturated carbocycles. The third kappa shape index (κ3) is 2.03. The SMILES string of the molecule is COC(=O)C1=CSC(=C2SC3C4C=CC(C4)C3S2)S1. The van der Waals surface area contributed by atoms with Gasteiger partial charge in [-0.2, -0.15) is 0 Å². The number of thioether (sulfide) groups is 4. The van der Waals surface area contributed by atoms with E-state index in [0.29, 0.717) is 4.91 Å². The average Bonchev–Trinajstić information content (AvgIpc) is 3.14. The number of hydrogen-bond donors (Lipinski definition) is 0. The molecule has 0 aromatic rings. The Hall–Kier alpha value is 0.0900. The Kier molecular flexibility index (Phi) is 3.25. The van der Waals surface area contributed by atoms with Crippen LogP contribution in [0.25, 0.3) is 0 Å².